The van der Waals surface area contributed by atoms with E-state index in [0.717, 1.165) is 0 Å². The first-order valence-electron chi connectivity index (χ1n) is 12.3. The number of nitrogens with one attached hydrogen (secondary N) is 2. The number of aliphatic imine (C=N–C) groups is 1. The summed E-state index contributed by atoms with van der Waals surface area (Å²) in [4.78, 5) is 42.3. The molecule has 0 aromatic carbocycles. The molecule has 0 fully saturated rings. The molecule has 1 aliphatic heterocycles. The summed E-state index contributed by atoms with van der Waals surface area (Å²) in [5, 5.41) is 15.4. The standard InChI is InChI=1S/C24H43N3O9P2/c1-10-14(28)17(32-9)16-12(2)13(11-15(33-16)18(29)34-22(37)38)25-19(26-20(30)35-23(3,4)5)27-21(31)36-24(6,7)8/h11-14,16-17,22,28H,10,37-38H2,1-9H3,(H2,25,26,27,30,31)/t12-,13+,14-,16-,17-/m1/s1. The maximum atomic E-state index is 12.7. The van der Waals surface area contributed by atoms with Gasteiger partial charge in [0.2, 0.25) is 11.7 Å². The fraction of sp³-hybridized carbons (Fsp3) is 0.750. The van der Waals surface area contributed by atoms with Crippen LogP contribution in [0.2, 0.25) is 0 Å². The zero-order chi connectivity index (χ0) is 29.4. The van der Waals surface area contributed by atoms with Crippen LogP contribution in [0.5, 0.6) is 0 Å². The molecule has 1 rings (SSSR count). The van der Waals surface area contributed by atoms with Crippen LogP contribution in [0.1, 0.15) is 61.8 Å². The van der Waals surface area contributed by atoms with E-state index in [0.29, 0.717) is 6.42 Å². The molecule has 0 saturated carbocycles. The van der Waals surface area contributed by atoms with Gasteiger partial charge in [-0.3, -0.25) is 10.6 Å². The lowest BCUT2D eigenvalue weighted by Gasteiger charge is -2.38. The molecule has 12 nitrogen and oxygen atoms in total. The number of ether oxygens (including phenoxy) is 5. The molecular formula is C24H43N3O9P2. The summed E-state index contributed by atoms with van der Waals surface area (Å²) in [7, 11) is 6.05. The van der Waals surface area contributed by atoms with Crippen molar-refractivity contribution in [1.82, 2.24) is 10.6 Å². The number of esters is 1. The molecule has 0 bridgehead atoms. The fourth-order valence-electron chi connectivity index (χ4n) is 3.40. The van der Waals surface area contributed by atoms with Crippen LogP contribution in [-0.4, -0.2) is 77.5 Å². The van der Waals surface area contributed by atoms with Crippen molar-refractivity contribution < 1.29 is 43.2 Å². The Morgan fingerprint density at radius 2 is 1.58 bits per heavy atom. The number of methoxy groups -OCH3 is 1. The molecule has 14 heteroatoms. The molecule has 1 heterocycles. The Balaban J connectivity index is 3.51. The minimum atomic E-state index is -0.900. The molecule has 218 valence electrons. The largest absolute Gasteiger partial charge is 0.480 e. The van der Waals surface area contributed by atoms with Gasteiger partial charge in [-0.25, -0.2) is 19.4 Å². The predicted octanol–water partition coefficient (Wildman–Crippen LogP) is 3.04. The number of hydrogen-bond donors (Lipinski definition) is 3. The molecule has 0 aliphatic carbocycles. The molecule has 0 aromatic heterocycles. The van der Waals surface area contributed by atoms with Gasteiger partial charge >= 0.3 is 18.2 Å². The Kier molecular flexibility index (Phi) is 12.9. The molecule has 7 atom stereocenters. The Morgan fingerprint density at radius 3 is 1.97 bits per heavy atom. The van der Waals surface area contributed by atoms with Crippen LogP contribution < -0.4 is 10.6 Å². The number of amides is 2. The maximum absolute atomic E-state index is 12.7. The van der Waals surface area contributed by atoms with Gasteiger partial charge in [-0.15, -0.1) is 0 Å². The SMILES string of the molecule is CC[C@@H](O)[C@@H](OC)[C@@H]1OC(C(=O)OC(P)P)=C[C@H](N=C(NC(=O)OC(C)(C)C)NC(=O)OC(C)(C)C)[C@H]1C. The molecule has 0 spiro atoms. The first-order valence-corrected chi connectivity index (χ1v) is 13.6. The lowest BCUT2D eigenvalue weighted by atomic mass is 9.87. The van der Waals surface area contributed by atoms with Gasteiger partial charge in [-0.05, 0) is 54.0 Å². The van der Waals surface area contributed by atoms with Crippen LogP contribution in [0.25, 0.3) is 0 Å². The topological polar surface area (TPSA) is 154 Å². The normalized spacial score (nSPS) is 21.3. The van der Waals surface area contributed by atoms with Crippen molar-refractivity contribution in [3.8, 4) is 0 Å². The summed E-state index contributed by atoms with van der Waals surface area (Å²) in [5.74, 6) is -1.68. The first-order chi connectivity index (χ1) is 17.4. The number of alkyl carbamates (subject to hydrolysis) is 2. The zero-order valence-electron chi connectivity index (χ0n) is 23.6. The van der Waals surface area contributed by atoms with Gasteiger partial charge in [0.15, 0.2) is 0 Å². The van der Waals surface area contributed by atoms with Gasteiger partial charge in [0.05, 0.1) is 12.1 Å². The van der Waals surface area contributed by atoms with Crippen LogP contribution in [0.15, 0.2) is 16.8 Å². The second kappa shape index (κ2) is 14.4. The van der Waals surface area contributed by atoms with Gasteiger partial charge in [0, 0.05) is 13.0 Å². The third-order valence-electron chi connectivity index (χ3n) is 5.00. The molecule has 38 heavy (non-hydrogen) atoms. The second-order valence-corrected chi connectivity index (χ2v) is 12.8. The highest BCUT2D eigenvalue weighted by Gasteiger charge is 2.42. The van der Waals surface area contributed by atoms with Crippen molar-refractivity contribution in [2.24, 2.45) is 10.9 Å². The Morgan fingerprint density at radius 1 is 1.08 bits per heavy atom. The van der Waals surface area contributed by atoms with Crippen LogP contribution in [0.3, 0.4) is 0 Å². The average Bonchev–Trinajstić information content (AvgIpc) is 2.72. The van der Waals surface area contributed by atoms with Gasteiger partial charge in [0.25, 0.3) is 0 Å². The molecule has 3 N–H and O–H groups in total. The summed E-state index contributed by atoms with van der Waals surface area (Å²) < 4.78 is 27.3. The fourth-order valence-corrected chi connectivity index (χ4v) is 3.65. The van der Waals surface area contributed by atoms with Crippen molar-refractivity contribution in [3.05, 3.63) is 11.8 Å². The number of carbonyl (C=O) groups is 3. The van der Waals surface area contributed by atoms with Crippen molar-refractivity contribution in [2.45, 2.75) is 103 Å². The quantitative estimate of drug-likeness (QED) is 0.136. The van der Waals surface area contributed by atoms with E-state index in [-0.39, 0.29) is 11.7 Å². The molecule has 0 saturated heterocycles. The smallest absolute Gasteiger partial charge is 0.414 e. The average molecular weight is 580 g/mol. The summed E-state index contributed by atoms with van der Waals surface area (Å²) in [5.41, 5.74) is -2.21. The number of guanidine groups is 1. The van der Waals surface area contributed by atoms with E-state index in [1.807, 2.05) is 0 Å². The Bertz CT molecular complexity index is 866. The van der Waals surface area contributed by atoms with Gasteiger partial charge in [0.1, 0.15) is 29.0 Å². The molecule has 0 radical (unpaired) electrons. The van der Waals surface area contributed by atoms with E-state index < -0.39 is 65.2 Å². The van der Waals surface area contributed by atoms with Crippen LogP contribution in [0.4, 0.5) is 9.59 Å². The lowest BCUT2D eigenvalue weighted by molar-refractivity contribution is -0.152. The van der Waals surface area contributed by atoms with Crippen molar-refractivity contribution >= 4 is 42.6 Å². The van der Waals surface area contributed by atoms with Crippen molar-refractivity contribution in [2.75, 3.05) is 7.11 Å². The molecule has 2 amide bonds. The number of hydrogen-bond acceptors (Lipinski definition) is 10. The van der Waals surface area contributed by atoms with Gasteiger partial charge in [-0.2, -0.15) is 0 Å². The van der Waals surface area contributed by atoms with E-state index >= 15 is 0 Å². The third kappa shape index (κ3) is 11.8. The van der Waals surface area contributed by atoms with Crippen LogP contribution in [-0.2, 0) is 28.5 Å². The highest BCUT2D eigenvalue weighted by Crippen LogP contribution is 2.31. The maximum Gasteiger partial charge on any atom is 0.414 e. The van der Waals surface area contributed by atoms with Gasteiger partial charge < -0.3 is 28.8 Å². The zero-order valence-corrected chi connectivity index (χ0v) is 25.9. The first kappa shape index (κ1) is 34.0. The highest BCUT2D eigenvalue weighted by atomic mass is 31.1. The number of aliphatic hydroxyl groups excluding tert-OH is 1. The van der Waals surface area contributed by atoms with E-state index in [9.17, 15) is 19.5 Å². The third-order valence-corrected chi connectivity index (χ3v) is 5.27. The summed E-state index contributed by atoms with van der Waals surface area (Å²) >= 11 is 0. The molecular weight excluding hydrogens is 536 g/mol. The summed E-state index contributed by atoms with van der Waals surface area (Å²) in [6.07, 6.45) is -2.48. The Hall–Kier alpha value is -2.00. The van der Waals surface area contributed by atoms with E-state index in [4.69, 9.17) is 23.7 Å². The summed E-state index contributed by atoms with van der Waals surface area (Å²) in [6, 6.07) is -0.828. The van der Waals surface area contributed by atoms with Crippen molar-refractivity contribution in [3.63, 3.8) is 0 Å². The minimum Gasteiger partial charge on any atom is -0.480 e. The number of nitrogens with zero attached hydrogens (tertiary/aromatic N) is 1. The summed E-state index contributed by atoms with van der Waals surface area (Å²) in [6.45, 7) is 13.7. The number of carbonyl (C=O) groups excluding carboxylic acids is 3. The van der Waals surface area contributed by atoms with E-state index in [1.54, 1.807) is 55.4 Å². The molecule has 2 unspecified atom stereocenters. The minimum absolute atomic E-state index is 0.156. The highest BCUT2D eigenvalue weighted by molar-refractivity contribution is 7.37. The van der Waals surface area contributed by atoms with Crippen LogP contribution >= 0.6 is 18.5 Å². The number of aliphatic hydroxyl groups is 1. The predicted molar refractivity (Wildman–Crippen MR) is 148 cm³/mol. The lowest BCUT2D eigenvalue weighted by Crippen LogP contribution is -2.51. The molecule has 1 aliphatic rings. The van der Waals surface area contributed by atoms with Gasteiger partial charge in [-0.1, -0.05) is 32.3 Å². The monoisotopic (exact) mass is 579 g/mol. The molecule has 0 aromatic rings. The van der Waals surface area contributed by atoms with E-state index in [1.165, 1.54) is 13.2 Å². The Labute approximate surface area is 229 Å². The van der Waals surface area contributed by atoms with E-state index in [2.05, 4.69) is 34.1 Å². The van der Waals surface area contributed by atoms with Crippen molar-refractivity contribution in [1.29, 1.82) is 0 Å². The van der Waals surface area contributed by atoms with Crippen LogP contribution in [0, 0.1) is 5.92 Å². The second-order valence-electron chi connectivity index (χ2n) is 10.7. The number of rotatable bonds is 7.